The second-order valence-electron chi connectivity index (χ2n) is 5.84. The summed E-state index contributed by atoms with van der Waals surface area (Å²) in [6, 6.07) is 7.16. The summed E-state index contributed by atoms with van der Waals surface area (Å²) < 4.78 is 5.45. The topological polar surface area (TPSA) is 49.5 Å². The van der Waals surface area contributed by atoms with Gasteiger partial charge in [0.1, 0.15) is 0 Å². The van der Waals surface area contributed by atoms with Gasteiger partial charge in [-0.15, -0.1) is 11.3 Å². The summed E-state index contributed by atoms with van der Waals surface area (Å²) in [5.41, 5.74) is 1.00. The van der Waals surface area contributed by atoms with Crippen molar-refractivity contribution in [3.05, 3.63) is 29.3 Å². The van der Waals surface area contributed by atoms with Crippen LogP contribution in [0.4, 0.5) is 0 Å². The van der Waals surface area contributed by atoms with Crippen LogP contribution >= 0.6 is 11.3 Å². The van der Waals surface area contributed by atoms with Crippen LogP contribution in [0.25, 0.3) is 10.6 Å². The summed E-state index contributed by atoms with van der Waals surface area (Å²) in [5, 5.41) is 16.1. The zero-order valence-corrected chi connectivity index (χ0v) is 12.1. The van der Waals surface area contributed by atoms with Crippen molar-refractivity contribution in [2.75, 3.05) is 0 Å². The van der Waals surface area contributed by atoms with Gasteiger partial charge in [0.15, 0.2) is 5.76 Å². The third-order valence-electron chi connectivity index (χ3n) is 4.53. The minimum absolute atomic E-state index is 0.109. The highest BCUT2D eigenvalue weighted by Crippen LogP contribution is 2.37. The maximum atomic E-state index is 9.84. The molecule has 0 amide bonds. The van der Waals surface area contributed by atoms with Gasteiger partial charge in [0.2, 0.25) is 0 Å². The van der Waals surface area contributed by atoms with Crippen molar-refractivity contribution in [3.63, 3.8) is 0 Å². The van der Waals surface area contributed by atoms with E-state index in [2.05, 4.69) is 22.2 Å². The van der Waals surface area contributed by atoms with Crippen molar-refractivity contribution in [2.45, 2.75) is 50.4 Å². The molecule has 5 heteroatoms. The number of piperidine rings is 1. The van der Waals surface area contributed by atoms with Crippen LogP contribution in [0.5, 0.6) is 0 Å². The van der Waals surface area contributed by atoms with Crippen molar-refractivity contribution < 1.29 is 9.63 Å². The fraction of sp³-hybridized carbons (Fsp3) is 0.533. The Morgan fingerprint density at radius 3 is 2.85 bits per heavy atom. The predicted molar refractivity (Wildman–Crippen MR) is 77.4 cm³/mol. The zero-order valence-electron chi connectivity index (χ0n) is 11.2. The predicted octanol–water partition coefficient (Wildman–Crippen LogP) is 2.89. The van der Waals surface area contributed by atoms with E-state index < -0.39 is 0 Å². The smallest absolute Gasteiger partial charge is 0.177 e. The Bertz CT molecular complexity index is 566. The van der Waals surface area contributed by atoms with E-state index in [1.165, 1.54) is 12.8 Å². The van der Waals surface area contributed by atoms with Gasteiger partial charge in [-0.3, -0.25) is 4.90 Å². The van der Waals surface area contributed by atoms with Gasteiger partial charge in [0.25, 0.3) is 0 Å². The molecule has 2 fully saturated rings. The van der Waals surface area contributed by atoms with Crippen LogP contribution in [0.3, 0.4) is 0 Å². The monoisotopic (exact) mass is 290 g/mol. The molecule has 2 atom stereocenters. The number of aromatic nitrogens is 1. The summed E-state index contributed by atoms with van der Waals surface area (Å²) >= 11 is 1.67. The van der Waals surface area contributed by atoms with E-state index in [1.807, 2.05) is 11.4 Å². The third kappa shape index (κ3) is 2.20. The molecule has 20 heavy (non-hydrogen) atoms. The maximum absolute atomic E-state index is 9.84. The molecule has 2 aliphatic heterocycles. The molecular weight excluding hydrogens is 272 g/mol. The molecule has 2 saturated heterocycles. The number of hydrogen-bond donors (Lipinski definition) is 1. The second kappa shape index (κ2) is 4.98. The van der Waals surface area contributed by atoms with E-state index in [-0.39, 0.29) is 6.10 Å². The Morgan fingerprint density at radius 2 is 2.15 bits per heavy atom. The van der Waals surface area contributed by atoms with Crippen molar-refractivity contribution >= 4 is 11.3 Å². The molecular formula is C15H18N2O2S. The van der Waals surface area contributed by atoms with E-state index in [1.54, 1.807) is 11.3 Å². The maximum Gasteiger partial charge on any atom is 0.177 e. The van der Waals surface area contributed by atoms with Crippen LogP contribution in [0.2, 0.25) is 0 Å². The van der Waals surface area contributed by atoms with E-state index in [9.17, 15) is 5.11 Å². The molecule has 2 unspecified atom stereocenters. The highest BCUT2D eigenvalue weighted by atomic mass is 32.1. The summed E-state index contributed by atoms with van der Waals surface area (Å²) in [7, 11) is 0. The van der Waals surface area contributed by atoms with Crippen molar-refractivity contribution in [1.82, 2.24) is 10.1 Å². The molecule has 2 aromatic rings. The second-order valence-corrected chi connectivity index (χ2v) is 6.79. The Morgan fingerprint density at radius 1 is 1.35 bits per heavy atom. The first-order valence-electron chi connectivity index (χ1n) is 7.23. The third-order valence-corrected chi connectivity index (χ3v) is 5.41. The Hall–Kier alpha value is -1.17. The number of aliphatic hydroxyl groups is 1. The molecule has 4 nitrogen and oxygen atoms in total. The lowest BCUT2D eigenvalue weighted by atomic mass is 10.00. The molecule has 0 aliphatic carbocycles. The number of rotatable bonds is 3. The van der Waals surface area contributed by atoms with Crippen molar-refractivity contribution in [2.24, 2.45) is 0 Å². The summed E-state index contributed by atoms with van der Waals surface area (Å²) in [6.07, 6.45) is 4.12. The largest absolute Gasteiger partial charge is 0.393 e. The fourth-order valence-corrected chi connectivity index (χ4v) is 4.29. The van der Waals surface area contributed by atoms with Crippen molar-refractivity contribution in [3.8, 4) is 10.6 Å². The number of fused-ring (bicyclic) bond motifs is 2. The fourth-order valence-electron chi connectivity index (χ4n) is 3.61. The first kappa shape index (κ1) is 12.6. The van der Waals surface area contributed by atoms with Crippen LogP contribution in [0.15, 0.2) is 28.1 Å². The summed E-state index contributed by atoms with van der Waals surface area (Å²) in [4.78, 5) is 3.63. The van der Waals surface area contributed by atoms with Crippen molar-refractivity contribution in [1.29, 1.82) is 0 Å². The number of nitrogens with zero attached hydrogens (tertiary/aromatic N) is 2. The molecule has 4 heterocycles. The van der Waals surface area contributed by atoms with Crippen LogP contribution < -0.4 is 0 Å². The first-order valence-corrected chi connectivity index (χ1v) is 8.11. The molecule has 2 bridgehead atoms. The lowest BCUT2D eigenvalue weighted by Gasteiger charge is -2.36. The van der Waals surface area contributed by atoms with E-state index in [0.717, 1.165) is 35.7 Å². The van der Waals surface area contributed by atoms with E-state index in [4.69, 9.17) is 4.52 Å². The van der Waals surface area contributed by atoms with E-state index in [0.29, 0.717) is 12.1 Å². The number of aliphatic hydroxyl groups excluding tert-OH is 1. The van der Waals surface area contributed by atoms with Gasteiger partial charge in [0, 0.05) is 24.7 Å². The van der Waals surface area contributed by atoms with Crippen LogP contribution in [0.1, 0.15) is 31.4 Å². The van der Waals surface area contributed by atoms with Crippen LogP contribution in [-0.4, -0.2) is 33.4 Å². The average molecular weight is 290 g/mol. The standard InChI is InChI=1S/C15H18N2O2S/c18-13-7-11-3-4-12(8-13)17(11)9-10-6-14(19-16-10)15-2-1-5-20-15/h1-2,5-6,11-13,18H,3-4,7-9H2. The van der Waals surface area contributed by atoms with Gasteiger partial charge < -0.3 is 9.63 Å². The van der Waals surface area contributed by atoms with Gasteiger partial charge in [-0.05, 0) is 37.1 Å². The molecule has 0 spiro atoms. The van der Waals surface area contributed by atoms with Gasteiger partial charge in [-0.2, -0.15) is 0 Å². The number of thiophene rings is 1. The normalized spacial score (nSPS) is 29.9. The molecule has 0 aromatic carbocycles. The molecule has 2 aliphatic rings. The first-order chi connectivity index (χ1) is 9.79. The molecule has 0 saturated carbocycles. The lowest BCUT2D eigenvalue weighted by Crippen LogP contribution is -2.44. The Balaban J connectivity index is 1.50. The number of hydrogen-bond acceptors (Lipinski definition) is 5. The molecule has 1 N–H and O–H groups in total. The summed E-state index contributed by atoms with van der Waals surface area (Å²) in [5.74, 6) is 0.861. The quantitative estimate of drug-likeness (QED) is 0.944. The highest BCUT2D eigenvalue weighted by Gasteiger charge is 2.40. The summed E-state index contributed by atoms with van der Waals surface area (Å²) in [6.45, 7) is 0.844. The van der Waals surface area contributed by atoms with E-state index >= 15 is 0 Å². The minimum Gasteiger partial charge on any atom is -0.393 e. The van der Waals surface area contributed by atoms with Gasteiger partial charge in [0.05, 0.1) is 16.7 Å². The molecule has 4 rings (SSSR count). The highest BCUT2D eigenvalue weighted by molar-refractivity contribution is 7.13. The Labute approximate surface area is 122 Å². The molecule has 0 radical (unpaired) electrons. The van der Waals surface area contributed by atoms with Gasteiger partial charge in [-0.25, -0.2) is 0 Å². The lowest BCUT2D eigenvalue weighted by molar-refractivity contribution is 0.0299. The van der Waals surface area contributed by atoms with Crippen LogP contribution in [-0.2, 0) is 6.54 Å². The van der Waals surface area contributed by atoms with Gasteiger partial charge >= 0.3 is 0 Å². The Kier molecular flexibility index (Phi) is 3.13. The molecule has 106 valence electrons. The molecule has 2 aromatic heterocycles. The minimum atomic E-state index is -0.109. The van der Waals surface area contributed by atoms with Crippen LogP contribution in [0, 0.1) is 0 Å². The SMILES string of the molecule is OC1CC2CCC(C1)N2Cc1cc(-c2cccs2)on1. The zero-order chi connectivity index (χ0) is 13.5. The average Bonchev–Trinajstić information content (AvgIpc) is 3.12. The van der Waals surface area contributed by atoms with Gasteiger partial charge in [-0.1, -0.05) is 11.2 Å².